The number of hydrogen-bond donors (Lipinski definition) is 2. The van der Waals surface area contributed by atoms with E-state index in [0.717, 1.165) is 16.7 Å². The second-order valence-electron chi connectivity index (χ2n) is 9.39. The van der Waals surface area contributed by atoms with E-state index < -0.39 is 5.56 Å². The Hall–Kier alpha value is -2.90. The number of aromatic nitrogens is 3. The lowest BCUT2D eigenvalue weighted by molar-refractivity contribution is -0.122. The number of amides is 1. The third-order valence-electron chi connectivity index (χ3n) is 7.43. The van der Waals surface area contributed by atoms with Crippen molar-refractivity contribution >= 4 is 11.6 Å². The molecule has 31 heavy (non-hydrogen) atoms. The van der Waals surface area contributed by atoms with E-state index in [0.29, 0.717) is 35.4 Å². The van der Waals surface area contributed by atoms with Gasteiger partial charge in [-0.3, -0.25) is 14.6 Å². The molecule has 3 saturated carbocycles. The number of hydrogen-bond acceptors (Lipinski definition) is 6. The van der Waals surface area contributed by atoms with Gasteiger partial charge in [0, 0.05) is 25.0 Å². The topological polar surface area (TPSA) is 98.1 Å². The minimum absolute atomic E-state index is 0.168. The first-order chi connectivity index (χ1) is 14.8. The molecule has 0 saturated heterocycles. The Bertz CT molecular complexity index is 1000. The highest BCUT2D eigenvalue weighted by Crippen LogP contribution is 2.61. The summed E-state index contributed by atoms with van der Waals surface area (Å²) in [5.41, 5.74) is 1.51. The van der Waals surface area contributed by atoms with Gasteiger partial charge in [0.05, 0.1) is 13.3 Å². The molecule has 166 valence electrons. The van der Waals surface area contributed by atoms with Gasteiger partial charge < -0.3 is 15.4 Å². The van der Waals surface area contributed by atoms with Gasteiger partial charge in [0.2, 0.25) is 11.7 Å². The Balaban J connectivity index is 1.43. The second-order valence-corrected chi connectivity index (χ2v) is 9.39. The van der Waals surface area contributed by atoms with Crippen LogP contribution in [0.15, 0.2) is 35.5 Å². The first-order valence-corrected chi connectivity index (χ1v) is 10.9. The second kappa shape index (κ2) is 8.32. The molecule has 2 aromatic heterocycles. The van der Waals surface area contributed by atoms with Crippen molar-refractivity contribution in [1.82, 2.24) is 20.1 Å². The monoisotopic (exact) mass is 425 g/mol. The van der Waals surface area contributed by atoms with E-state index in [1.807, 2.05) is 12.1 Å². The van der Waals surface area contributed by atoms with Crippen LogP contribution in [-0.4, -0.2) is 33.8 Å². The minimum atomic E-state index is -0.416. The van der Waals surface area contributed by atoms with Crippen LogP contribution in [0.3, 0.4) is 0 Å². The number of carbonyl (C=O) groups is 1. The van der Waals surface area contributed by atoms with Gasteiger partial charge >= 0.3 is 5.56 Å². The number of pyridine rings is 1. The molecule has 2 unspecified atom stereocenters. The fourth-order valence-electron chi connectivity index (χ4n) is 5.32. The van der Waals surface area contributed by atoms with Crippen molar-refractivity contribution in [2.45, 2.75) is 52.7 Å². The summed E-state index contributed by atoms with van der Waals surface area (Å²) in [5.74, 6) is 1.80. The predicted molar refractivity (Wildman–Crippen MR) is 118 cm³/mol. The normalized spacial score (nSPS) is 25.9. The molecule has 2 bridgehead atoms. The van der Waals surface area contributed by atoms with E-state index in [1.54, 1.807) is 18.6 Å². The molecule has 5 rings (SSSR count). The predicted octanol–water partition coefficient (Wildman–Crippen LogP) is 2.45. The fraction of sp³-hybridized carbons (Fsp3) is 0.565. The third-order valence-corrected chi connectivity index (χ3v) is 7.43. The number of anilines is 1. The molecule has 4 atom stereocenters. The number of rotatable bonds is 7. The SMILES string of the molecule is COc1c(NC2C[C@H]3CC([C@H]2C)C3(C)C)cnn(CC(=O)NCc2ccncc2)c1=O. The van der Waals surface area contributed by atoms with Crippen molar-refractivity contribution in [3.63, 3.8) is 0 Å². The number of carbonyl (C=O) groups excluding carboxylic acids is 1. The maximum absolute atomic E-state index is 12.9. The van der Waals surface area contributed by atoms with E-state index in [1.165, 1.54) is 13.5 Å². The summed E-state index contributed by atoms with van der Waals surface area (Å²) in [7, 11) is 1.47. The summed E-state index contributed by atoms with van der Waals surface area (Å²) in [5, 5.41) is 10.5. The van der Waals surface area contributed by atoms with E-state index >= 15 is 0 Å². The molecule has 0 spiro atoms. The van der Waals surface area contributed by atoms with Crippen molar-refractivity contribution < 1.29 is 9.53 Å². The fourth-order valence-corrected chi connectivity index (χ4v) is 5.32. The first-order valence-electron chi connectivity index (χ1n) is 10.9. The Labute approximate surface area is 182 Å². The molecule has 0 radical (unpaired) electrons. The van der Waals surface area contributed by atoms with Crippen LogP contribution in [0.5, 0.6) is 5.75 Å². The molecule has 8 nitrogen and oxygen atoms in total. The number of nitrogens with zero attached hydrogens (tertiary/aromatic N) is 3. The average molecular weight is 426 g/mol. The molecule has 3 fully saturated rings. The lowest BCUT2D eigenvalue weighted by atomic mass is 9.45. The Kier molecular flexibility index (Phi) is 5.73. The van der Waals surface area contributed by atoms with Crippen LogP contribution in [0.2, 0.25) is 0 Å². The third kappa shape index (κ3) is 4.03. The van der Waals surface area contributed by atoms with E-state index in [4.69, 9.17) is 4.74 Å². The van der Waals surface area contributed by atoms with Gasteiger partial charge in [-0.2, -0.15) is 5.10 Å². The summed E-state index contributed by atoms with van der Waals surface area (Å²) in [6.07, 6.45) is 7.30. The van der Waals surface area contributed by atoms with Gasteiger partial charge in [0.1, 0.15) is 12.2 Å². The molecular formula is C23H31N5O3. The molecule has 2 N–H and O–H groups in total. The van der Waals surface area contributed by atoms with Gasteiger partial charge in [0.25, 0.3) is 0 Å². The first kappa shape index (κ1) is 21.3. The quantitative estimate of drug-likeness (QED) is 0.707. The highest BCUT2D eigenvalue weighted by molar-refractivity contribution is 5.75. The van der Waals surface area contributed by atoms with Crippen LogP contribution >= 0.6 is 0 Å². The van der Waals surface area contributed by atoms with Gasteiger partial charge in [-0.05, 0) is 53.7 Å². The molecule has 1 amide bonds. The number of ether oxygens (including phenoxy) is 1. The molecule has 2 aromatic rings. The van der Waals surface area contributed by atoms with Gasteiger partial charge in [-0.15, -0.1) is 0 Å². The summed E-state index contributed by atoms with van der Waals surface area (Å²) < 4.78 is 6.54. The molecule has 0 aliphatic heterocycles. The molecule has 8 heteroatoms. The van der Waals surface area contributed by atoms with Gasteiger partial charge in [0.15, 0.2) is 0 Å². The molecule has 0 aromatic carbocycles. The van der Waals surface area contributed by atoms with Crippen LogP contribution in [0.25, 0.3) is 0 Å². The van der Waals surface area contributed by atoms with Crippen LogP contribution in [0, 0.1) is 23.2 Å². The summed E-state index contributed by atoms with van der Waals surface area (Å²) in [6, 6.07) is 3.93. The number of nitrogens with one attached hydrogen (secondary N) is 2. The van der Waals surface area contributed by atoms with Crippen molar-refractivity contribution in [2.24, 2.45) is 23.2 Å². The van der Waals surface area contributed by atoms with Crippen LogP contribution in [-0.2, 0) is 17.9 Å². The minimum Gasteiger partial charge on any atom is -0.490 e. The molecule has 3 aliphatic rings. The zero-order valence-electron chi connectivity index (χ0n) is 18.6. The Morgan fingerprint density at radius 2 is 2.03 bits per heavy atom. The standard InChI is InChI=1S/C23H31N5O3/c1-14-17-9-16(23(17,2)3)10-18(14)27-19-12-26-28(22(30)21(19)31-4)13-20(29)25-11-15-5-7-24-8-6-15/h5-8,12,14,16-18,27H,9-11,13H2,1-4H3,(H,25,29)/t14-,16-,17?,18?/m1/s1. The maximum Gasteiger partial charge on any atom is 0.311 e. The number of fused-ring (bicyclic) bond motifs is 2. The Morgan fingerprint density at radius 1 is 1.29 bits per heavy atom. The summed E-state index contributed by atoms with van der Waals surface area (Å²) >= 11 is 0. The lowest BCUT2D eigenvalue weighted by Gasteiger charge is -2.62. The van der Waals surface area contributed by atoms with Crippen molar-refractivity contribution in [3.8, 4) is 5.75 Å². The smallest absolute Gasteiger partial charge is 0.311 e. The van der Waals surface area contributed by atoms with Crippen molar-refractivity contribution in [3.05, 3.63) is 46.6 Å². The average Bonchev–Trinajstić information content (AvgIpc) is 2.76. The van der Waals surface area contributed by atoms with Crippen LogP contribution in [0.4, 0.5) is 5.69 Å². The highest BCUT2D eigenvalue weighted by Gasteiger charge is 2.56. The summed E-state index contributed by atoms with van der Waals surface area (Å²) in [4.78, 5) is 29.1. The molecule has 3 aliphatic carbocycles. The zero-order valence-corrected chi connectivity index (χ0v) is 18.6. The molecular weight excluding hydrogens is 394 g/mol. The lowest BCUT2D eigenvalue weighted by Crippen LogP contribution is -2.58. The summed E-state index contributed by atoms with van der Waals surface area (Å²) in [6.45, 7) is 7.21. The van der Waals surface area contributed by atoms with Gasteiger partial charge in [-0.25, -0.2) is 4.68 Å². The number of methoxy groups -OCH3 is 1. The van der Waals surface area contributed by atoms with E-state index in [-0.39, 0.29) is 24.2 Å². The Morgan fingerprint density at radius 3 is 2.68 bits per heavy atom. The zero-order chi connectivity index (χ0) is 22.2. The van der Waals surface area contributed by atoms with E-state index in [9.17, 15) is 9.59 Å². The van der Waals surface area contributed by atoms with Crippen LogP contribution in [0.1, 0.15) is 39.2 Å². The van der Waals surface area contributed by atoms with E-state index in [2.05, 4.69) is 41.5 Å². The van der Waals surface area contributed by atoms with Crippen LogP contribution < -0.4 is 20.9 Å². The van der Waals surface area contributed by atoms with Gasteiger partial charge in [-0.1, -0.05) is 20.8 Å². The largest absolute Gasteiger partial charge is 0.490 e. The van der Waals surface area contributed by atoms with Crippen molar-refractivity contribution in [1.29, 1.82) is 0 Å². The maximum atomic E-state index is 12.9. The highest BCUT2D eigenvalue weighted by atomic mass is 16.5. The molecule has 2 heterocycles. The van der Waals surface area contributed by atoms with Crippen molar-refractivity contribution in [2.75, 3.05) is 12.4 Å².